The van der Waals surface area contributed by atoms with Crippen molar-refractivity contribution in [1.29, 1.82) is 0 Å². The minimum Gasteiger partial charge on any atom is -0.493 e. The molecule has 28 heavy (non-hydrogen) atoms. The maximum atomic E-state index is 12.5. The zero-order chi connectivity index (χ0) is 20.8. The van der Waals surface area contributed by atoms with Gasteiger partial charge in [0, 0.05) is 11.1 Å². The maximum Gasteiger partial charge on any atom is 0.261 e. The summed E-state index contributed by atoms with van der Waals surface area (Å²) < 4.78 is 11.6. The lowest BCUT2D eigenvalue weighted by Crippen LogP contribution is -2.48. The van der Waals surface area contributed by atoms with Crippen molar-refractivity contribution < 1.29 is 19.1 Å². The summed E-state index contributed by atoms with van der Waals surface area (Å²) in [5, 5.41) is 2.52. The summed E-state index contributed by atoms with van der Waals surface area (Å²) in [6.45, 7) is 5.41. The van der Waals surface area contributed by atoms with Crippen LogP contribution >= 0.6 is 28.1 Å². The number of rotatable bonds is 11. The van der Waals surface area contributed by atoms with E-state index >= 15 is 0 Å². The molecule has 0 aliphatic rings. The first-order valence-corrected chi connectivity index (χ1v) is 10.6. The van der Waals surface area contributed by atoms with E-state index in [1.807, 2.05) is 13.0 Å². The Morgan fingerprint density at radius 2 is 1.89 bits per heavy atom. The largest absolute Gasteiger partial charge is 0.493 e. The quantitative estimate of drug-likeness (QED) is 0.259. The number of ether oxygens (including phenoxy) is 2. The van der Waals surface area contributed by atoms with E-state index in [0.29, 0.717) is 31.1 Å². The van der Waals surface area contributed by atoms with Crippen LogP contribution in [0.15, 0.2) is 22.7 Å². The minimum absolute atomic E-state index is 0.0105. The molecule has 0 atom stereocenters. The molecule has 3 N–H and O–H groups in total. The number of carbonyl (C=O) groups is 2. The zero-order valence-electron chi connectivity index (χ0n) is 16.3. The summed E-state index contributed by atoms with van der Waals surface area (Å²) in [7, 11) is 0. The molecule has 0 saturated carbocycles. The number of nitrogens with one attached hydrogen (secondary N) is 3. The molecule has 7 nitrogen and oxygen atoms in total. The molecule has 0 aliphatic carbocycles. The van der Waals surface area contributed by atoms with Crippen molar-refractivity contribution in [1.82, 2.24) is 16.2 Å². The number of halogens is 1. The topological polar surface area (TPSA) is 88.7 Å². The van der Waals surface area contributed by atoms with Crippen LogP contribution in [-0.2, 0) is 9.53 Å². The molecule has 0 heterocycles. The van der Waals surface area contributed by atoms with E-state index in [-0.39, 0.29) is 17.4 Å². The van der Waals surface area contributed by atoms with Gasteiger partial charge >= 0.3 is 0 Å². The molecule has 2 amide bonds. The molecule has 0 unspecified atom stereocenters. The van der Waals surface area contributed by atoms with Gasteiger partial charge in [-0.3, -0.25) is 25.8 Å². The molecule has 0 fully saturated rings. The van der Waals surface area contributed by atoms with Gasteiger partial charge in [0.2, 0.25) is 5.91 Å². The third-order valence-corrected chi connectivity index (χ3v) is 4.36. The lowest BCUT2D eigenvalue weighted by molar-refractivity contribution is -0.122. The lowest BCUT2D eigenvalue weighted by Gasteiger charge is -2.14. The number of benzene rings is 1. The summed E-state index contributed by atoms with van der Waals surface area (Å²) >= 11 is 8.41. The number of thiocarbonyl (C=S) groups is 1. The Balaban J connectivity index is 2.54. The Morgan fingerprint density at radius 1 is 1.11 bits per heavy atom. The van der Waals surface area contributed by atoms with Crippen LogP contribution in [0.2, 0.25) is 0 Å². The van der Waals surface area contributed by atoms with Crippen molar-refractivity contribution in [3.63, 3.8) is 0 Å². The van der Waals surface area contributed by atoms with Crippen LogP contribution in [0.3, 0.4) is 0 Å². The van der Waals surface area contributed by atoms with Crippen LogP contribution in [0.1, 0.15) is 56.3 Å². The van der Waals surface area contributed by atoms with Crippen LogP contribution < -0.4 is 20.9 Å². The van der Waals surface area contributed by atoms with Gasteiger partial charge in [0.15, 0.2) is 5.11 Å². The van der Waals surface area contributed by atoms with E-state index < -0.39 is 5.91 Å². The normalized spacial score (nSPS) is 10.2. The number of hydrogen-bond acceptors (Lipinski definition) is 5. The van der Waals surface area contributed by atoms with Gasteiger partial charge in [-0.25, -0.2) is 0 Å². The van der Waals surface area contributed by atoms with E-state index in [1.165, 1.54) is 0 Å². The van der Waals surface area contributed by atoms with Gasteiger partial charge < -0.3 is 9.47 Å². The maximum absolute atomic E-state index is 12.5. The van der Waals surface area contributed by atoms with Crippen molar-refractivity contribution in [2.75, 3.05) is 19.8 Å². The zero-order valence-corrected chi connectivity index (χ0v) is 18.7. The number of amides is 2. The summed E-state index contributed by atoms with van der Waals surface area (Å²) in [4.78, 5) is 24.2. The summed E-state index contributed by atoms with van der Waals surface area (Å²) in [5.74, 6) is -0.227. The van der Waals surface area contributed by atoms with Crippen molar-refractivity contribution in [3.05, 3.63) is 28.2 Å². The third kappa shape index (κ3) is 10.0. The molecular weight excluding hydrogens is 446 g/mol. The third-order valence-electron chi connectivity index (χ3n) is 3.66. The highest BCUT2D eigenvalue weighted by molar-refractivity contribution is 9.10. The Hall–Kier alpha value is -1.71. The second-order valence-electron chi connectivity index (χ2n) is 5.95. The Kier molecular flexibility index (Phi) is 12.4. The minimum atomic E-state index is -0.425. The van der Waals surface area contributed by atoms with Gasteiger partial charge in [-0.05, 0) is 43.8 Å². The van der Waals surface area contributed by atoms with Crippen molar-refractivity contribution >= 4 is 45.1 Å². The molecule has 0 bridgehead atoms. The van der Waals surface area contributed by atoms with E-state index in [1.54, 1.807) is 12.1 Å². The highest BCUT2D eigenvalue weighted by Crippen LogP contribution is 2.23. The summed E-state index contributed by atoms with van der Waals surface area (Å²) in [6, 6.07) is 5.22. The van der Waals surface area contributed by atoms with Crippen molar-refractivity contribution in [2.24, 2.45) is 0 Å². The summed E-state index contributed by atoms with van der Waals surface area (Å²) in [6.07, 6.45) is 4.52. The van der Waals surface area contributed by atoms with Crippen LogP contribution in [0, 0.1) is 0 Å². The molecule has 0 aromatic heterocycles. The average Bonchev–Trinajstić information content (AvgIpc) is 2.67. The monoisotopic (exact) mass is 473 g/mol. The summed E-state index contributed by atoms with van der Waals surface area (Å²) in [5.41, 5.74) is 5.27. The van der Waals surface area contributed by atoms with Gasteiger partial charge in [-0.15, -0.1) is 0 Å². The van der Waals surface area contributed by atoms with E-state index in [9.17, 15) is 9.59 Å². The predicted octanol–water partition coefficient (Wildman–Crippen LogP) is 3.47. The highest BCUT2D eigenvalue weighted by Gasteiger charge is 2.15. The first-order valence-electron chi connectivity index (χ1n) is 9.38. The molecule has 1 aromatic carbocycles. The lowest BCUT2D eigenvalue weighted by atomic mass is 10.2. The number of hydrogen-bond donors (Lipinski definition) is 3. The van der Waals surface area contributed by atoms with Crippen molar-refractivity contribution in [3.8, 4) is 5.75 Å². The molecule has 9 heteroatoms. The number of carbonyl (C=O) groups excluding carboxylic acids is 2. The molecule has 1 rings (SSSR count). The van der Waals surface area contributed by atoms with Crippen LogP contribution in [0.4, 0.5) is 0 Å². The van der Waals surface area contributed by atoms with Crippen LogP contribution in [0.5, 0.6) is 5.75 Å². The second-order valence-corrected chi connectivity index (χ2v) is 7.28. The SMILES string of the molecule is CCCCCCOc1ccc(Br)cc1C(=O)NC(=S)NNC(=O)CCOCC. The fourth-order valence-corrected chi connectivity index (χ4v) is 2.72. The van der Waals surface area contributed by atoms with Gasteiger partial charge in [0.1, 0.15) is 5.75 Å². The Labute approximate surface area is 180 Å². The molecule has 1 aromatic rings. The van der Waals surface area contributed by atoms with Crippen molar-refractivity contribution in [2.45, 2.75) is 46.0 Å². The van der Waals surface area contributed by atoms with Gasteiger partial charge in [0.25, 0.3) is 5.91 Å². The van der Waals surface area contributed by atoms with Gasteiger partial charge in [-0.1, -0.05) is 42.1 Å². The van der Waals surface area contributed by atoms with Gasteiger partial charge in [-0.2, -0.15) is 0 Å². The van der Waals surface area contributed by atoms with E-state index in [2.05, 4.69) is 39.0 Å². The van der Waals surface area contributed by atoms with E-state index in [0.717, 1.165) is 30.2 Å². The molecule has 0 radical (unpaired) electrons. The van der Waals surface area contributed by atoms with Crippen LogP contribution in [-0.4, -0.2) is 36.7 Å². The second kappa shape index (κ2) is 14.3. The van der Waals surface area contributed by atoms with E-state index in [4.69, 9.17) is 21.7 Å². The smallest absolute Gasteiger partial charge is 0.261 e. The fourth-order valence-electron chi connectivity index (χ4n) is 2.22. The number of unbranched alkanes of at least 4 members (excludes halogenated alkanes) is 3. The Bertz CT molecular complexity index is 658. The molecule has 0 spiro atoms. The fraction of sp³-hybridized carbons (Fsp3) is 0.526. The first kappa shape index (κ1) is 24.3. The van der Waals surface area contributed by atoms with Crippen LogP contribution in [0.25, 0.3) is 0 Å². The van der Waals surface area contributed by atoms with Gasteiger partial charge in [0.05, 0.1) is 25.2 Å². The Morgan fingerprint density at radius 3 is 2.61 bits per heavy atom. The molecule has 156 valence electrons. The average molecular weight is 474 g/mol. The standard InChI is InChI=1S/C19H28BrN3O4S/c1-3-5-6-7-11-27-16-9-8-14(20)13-15(16)18(25)21-19(28)23-22-17(24)10-12-26-4-2/h8-9,13H,3-7,10-12H2,1-2H3,(H,22,24)(H2,21,23,25,28). The molecular formula is C19H28BrN3O4S. The highest BCUT2D eigenvalue weighted by atomic mass is 79.9. The molecule has 0 saturated heterocycles. The molecule has 0 aliphatic heterocycles. The number of hydrazine groups is 1. The predicted molar refractivity (Wildman–Crippen MR) is 116 cm³/mol. The first-order chi connectivity index (χ1) is 13.5.